The number of ether oxygens (including phenoxy) is 1. The Morgan fingerprint density at radius 1 is 1.18 bits per heavy atom. The third-order valence-electron chi connectivity index (χ3n) is 2.93. The fourth-order valence-electron chi connectivity index (χ4n) is 1.95. The van der Waals surface area contributed by atoms with E-state index in [1.54, 1.807) is 34.6 Å². The van der Waals surface area contributed by atoms with Crippen molar-refractivity contribution in [2.45, 2.75) is 51.1 Å². The molecule has 0 unspecified atom stereocenters. The molecule has 156 valence electrons. The SMILES string of the molecule is CC(C)NS(=O)(=O)c1ccc(Br)c(C(=O)OCC(=O)NC(=O)NC(C)(C)C)c1. The summed E-state index contributed by atoms with van der Waals surface area (Å²) in [5.41, 5.74) is -0.611. The van der Waals surface area contributed by atoms with Crippen LogP contribution in [0.2, 0.25) is 0 Å². The van der Waals surface area contributed by atoms with E-state index in [1.807, 2.05) is 5.32 Å². The van der Waals surface area contributed by atoms with Gasteiger partial charge in [0.1, 0.15) is 0 Å². The average molecular weight is 478 g/mol. The lowest BCUT2D eigenvalue weighted by Gasteiger charge is -2.20. The van der Waals surface area contributed by atoms with Gasteiger partial charge in [-0.25, -0.2) is 22.7 Å². The zero-order chi connectivity index (χ0) is 21.7. The quantitative estimate of drug-likeness (QED) is 0.536. The van der Waals surface area contributed by atoms with Crippen LogP contribution in [0.25, 0.3) is 0 Å². The average Bonchev–Trinajstić information content (AvgIpc) is 2.49. The first-order valence-electron chi connectivity index (χ1n) is 8.32. The molecule has 0 aliphatic rings. The maximum atomic E-state index is 12.2. The number of benzene rings is 1. The minimum Gasteiger partial charge on any atom is -0.452 e. The predicted octanol–water partition coefficient (Wildman–Crippen LogP) is 1.92. The largest absolute Gasteiger partial charge is 0.452 e. The van der Waals surface area contributed by atoms with Crippen molar-refractivity contribution in [3.05, 3.63) is 28.2 Å². The molecule has 1 rings (SSSR count). The first kappa shape index (κ1) is 24.1. The standard InChI is InChI=1S/C17H24BrN3O6S/c1-10(2)21-28(25,26)11-6-7-13(18)12(8-11)15(23)27-9-14(22)19-16(24)20-17(3,4)5/h6-8,10,21H,9H2,1-5H3,(H2,19,20,22,24). The van der Waals surface area contributed by atoms with Gasteiger partial charge in [-0.2, -0.15) is 0 Å². The van der Waals surface area contributed by atoms with E-state index in [0.717, 1.165) is 6.07 Å². The maximum absolute atomic E-state index is 12.2. The van der Waals surface area contributed by atoms with Gasteiger partial charge >= 0.3 is 12.0 Å². The molecule has 0 aliphatic carbocycles. The van der Waals surface area contributed by atoms with Crippen molar-refractivity contribution >= 4 is 43.9 Å². The number of halogens is 1. The van der Waals surface area contributed by atoms with Crippen LogP contribution in [-0.2, 0) is 19.6 Å². The van der Waals surface area contributed by atoms with Gasteiger partial charge in [0.15, 0.2) is 6.61 Å². The Morgan fingerprint density at radius 3 is 2.32 bits per heavy atom. The summed E-state index contributed by atoms with van der Waals surface area (Å²) in [7, 11) is -3.81. The highest BCUT2D eigenvalue weighted by Crippen LogP contribution is 2.22. The second kappa shape index (κ2) is 9.48. The van der Waals surface area contributed by atoms with Gasteiger partial charge in [0.25, 0.3) is 5.91 Å². The molecule has 1 aromatic rings. The van der Waals surface area contributed by atoms with Crippen LogP contribution in [-0.4, -0.2) is 44.5 Å². The van der Waals surface area contributed by atoms with Crippen molar-refractivity contribution in [1.82, 2.24) is 15.4 Å². The lowest BCUT2D eigenvalue weighted by molar-refractivity contribution is -0.123. The summed E-state index contributed by atoms with van der Waals surface area (Å²) in [6.07, 6.45) is 0. The minimum absolute atomic E-state index is 0.0708. The first-order chi connectivity index (χ1) is 12.7. The lowest BCUT2D eigenvalue weighted by Crippen LogP contribution is -2.49. The van der Waals surface area contributed by atoms with Crippen molar-refractivity contribution in [1.29, 1.82) is 0 Å². The maximum Gasteiger partial charge on any atom is 0.339 e. The second-order valence-electron chi connectivity index (χ2n) is 7.25. The minimum atomic E-state index is -3.81. The van der Waals surface area contributed by atoms with Gasteiger partial charge in [-0.1, -0.05) is 0 Å². The van der Waals surface area contributed by atoms with E-state index < -0.39 is 40.1 Å². The fraction of sp³-hybridized carbons (Fsp3) is 0.471. The van der Waals surface area contributed by atoms with Crippen molar-refractivity contribution < 1.29 is 27.5 Å². The number of hydrogen-bond donors (Lipinski definition) is 3. The van der Waals surface area contributed by atoms with Crippen LogP contribution < -0.4 is 15.4 Å². The summed E-state index contributed by atoms with van der Waals surface area (Å²) in [6.45, 7) is 7.85. The van der Waals surface area contributed by atoms with Crippen LogP contribution >= 0.6 is 15.9 Å². The van der Waals surface area contributed by atoms with E-state index in [0.29, 0.717) is 4.47 Å². The Morgan fingerprint density at radius 2 is 1.79 bits per heavy atom. The van der Waals surface area contributed by atoms with Gasteiger partial charge in [0, 0.05) is 16.1 Å². The molecule has 0 bridgehead atoms. The number of sulfonamides is 1. The number of amides is 3. The molecule has 0 fully saturated rings. The monoisotopic (exact) mass is 477 g/mol. The molecular formula is C17H24BrN3O6S. The van der Waals surface area contributed by atoms with E-state index in [-0.39, 0.29) is 16.5 Å². The van der Waals surface area contributed by atoms with E-state index in [4.69, 9.17) is 4.74 Å². The van der Waals surface area contributed by atoms with Crippen LogP contribution in [0.4, 0.5) is 4.79 Å². The van der Waals surface area contributed by atoms with Crippen LogP contribution in [0.1, 0.15) is 45.0 Å². The van der Waals surface area contributed by atoms with Gasteiger partial charge in [-0.15, -0.1) is 0 Å². The zero-order valence-corrected chi connectivity index (χ0v) is 18.7. The van der Waals surface area contributed by atoms with E-state index in [1.165, 1.54) is 12.1 Å². The number of esters is 1. The van der Waals surface area contributed by atoms with Crippen molar-refractivity contribution in [2.75, 3.05) is 6.61 Å². The molecule has 9 nitrogen and oxygen atoms in total. The van der Waals surface area contributed by atoms with Crippen LogP contribution in [0.15, 0.2) is 27.6 Å². The summed E-state index contributed by atoms with van der Waals surface area (Å²) in [5, 5.41) is 4.56. The summed E-state index contributed by atoms with van der Waals surface area (Å²) in [6, 6.07) is 2.81. The van der Waals surface area contributed by atoms with Gasteiger partial charge in [-0.3, -0.25) is 10.1 Å². The molecule has 0 radical (unpaired) electrons. The Balaban J connectivity index is 2.81. The van der Waals surface area contributed by atoms with Gasteiger partial charge < -0.3 is 10.1 Å². The Kier molecular flexibility index (Phi) is 8.15. The van der Waals surface area contributed by atoms with Gasteiger partial charge in [-0.05, 0) is 68.7 Å². The number of urea groups is 1. The van der Waals surface area contributed by atoms with Crippen LogP contribution in [0.3, 0.4) is 0 Å². The van der Waals surface area contributed by atoms with Gasteiger partial charge in [0.05, 0.1) is 10.5 Å². The molecule has 3 amide bonds. The smallest absolute Gasteiger partial charge is 0.339 e. The Labute approximate surface area is 172 Å². The summed E-state index contributed by atoms with van der Waals surface area (Å²) in [4.78, 5) is 35.5. The molecule has 0 saturated heterocycles. The number of rotatable bonds is 6. The molecule has 0 spiro atoms. The van der Waals surface area contributed by atoms with Gasteiger partial charge in [0.2, 0.25) is 10.0 Å². The Bertz CT molecular complexity index is 862. The summed E-state index contributed by atoms with van der Waals surface area (Å²) in [5.74, 6) is -1.74. The summed E-state index contributed by atoms with van der Waals surface area (Å²) >= 11 is 3.15. The third kappa shape index (κ3) is 7.95. The number of carbonyl (C=O) groups is 3. The van der Waals surface area contributed by atoms with Crippen molar-refractivity contribution in [3.63, 3.8) is 0 Å². The number of imide groups is 1. The van der Waals surface area contributed by atoms with Crippen molar-refractivity contribution in [2.24, 2.45) is 0 Å². The van der Waals surface area contributed by atoms with Crippen LogP contribution in [0, 0.1) is 0 Å². The second-order valence-corrected chi connectivity index (χ2v) is 9.81. The molecule has 0 atom stereocenters. The molecule has 3 N–H and O–H groups in total. The van der Waals surface area contributed by atoms with E-state index >= 15 is 0 Å². The predicted molar refractivity (Wildman–Crippen MR) is 106 cm³/mol. The lowest BCUT2D eigenvalue weighted by atomic mass is 10.1. The molecule has 11 heteroatoms. The topological polar surface area (TPSA) is 131 Å². The molecule has 0 aliphatic heterocycles. The molecule has 1 aromatic carbocycles. The molecular weight excluding hydrogens is 454 g/mol. The number of hydrogen-bond acceptors (Lipinski definition) is 6. The van der Waals surface area contributed by atoms with Crippen molar-refractivity contribution in [3.8, 4) is 0 Å². The highest BCUT2D eigenvalue weighted by Gasteiger charge is 2.21. The first-order valence-corrected chi connectivity index (χ1v) is 10.6. The normalized spacial score (nSPS) is 11.8. The summed E-state index contributed by atoms with van der Waals surface area (Å²) < 4.78 is 32.1. The third-order valence-corrected chi connectivity index (χ3v) is 5.28. The highest BCUT2D eigenvalue weighted by molar-refractivity contribution is 9.10. The Hall–Kier alpha value is -1.98. The highest BCUT2D eigenvalue weighted by atomic mass is 79.9. The molecule has 0 aromatic heterocycles. The molecule has 0 heterocycles. The zero-order valence-electron chi connectivity index (χ0n) is 16.3. The number of carbonyl (C=O) groups excluding carboxylic acids is 3. The molecule has 28 heavy (non-hydrogen) atoms. The van der Waals surface area contributed by atoms with E-state index in [2.05, 4.69) is 26.0 Å². The van der Waals surface area contributed by atoms with Crippen LogP contribution in [0.5, 0.6) is 0 Å². The number of nitrogens with one attached hydrogen (secondary N) is 3. The molecule has 0 saturated carbocycles. The van der Waals surface area contributed by atoms with E-state index in [9.17, 15) is 22.8 Å². The fourth-order valence-corrected chi connectivity index (χ4v) is 3.64.